The van der Waals surface area contributed by atoms with E-state index >= 15 is 0 Å². The Kier molecular flexibility index (Phi) is 37.7. The van der Waals surface area contributed by atoms with Crippen molar-refractivity contribution < 1.29 is 42.1 Å². The third-order valence-corrected chi connectivity index (χ3v) is 9.85. The number of carbonyl (C=O) groups excluding carboxylic acids is 2. The number of quaternary nitrogens is 1. The van der Waals surface area contributed by atoms with Crippen LogP contribution in [0.25, 0.3) is 0 Å². The summed E-state index contributed by atoms with van der Waals surface area (Å²) in [5.41, 5.74) is 0. The minimum absolute atomic E-state index is 0.0482. The zero-order chi connectivity index (χ0) is 42.8. The average molecular weight is 832 g/mol. The fourth-order valence-corrected chi connectivity index (χ4v) is 6.08. The van der Waals surface area contributed by atoms with Crippen molar-refractivity contribution in [2.45, 2.75) is 161 Å². The Balaban J connectivity index is 4.49. The number of likely N-dealkylation sites (N-methyl/N-ethyl adjacent to an activating group) is 1. The lowest BCUT2D eigenvalue weighted by atomic mass is 10.1. The lowest BCUT2D eigenvalue weighted by Gasteiger charge is -2.28. The number of hydrogen-bond acceptors (Lipinski definition) is 8. The maximum atomic E-state index is 12.7. The molecule has 0 spiro atoms. The normalized spacial score (nSPS) is 14.4. The number of phosphoric acid groups is 1. The molecular formula is C48H82NO8P. The second kappa shape index (κ2) is 39.6. The molecule has 0 aromatic rings. The van der Waals surface area contributed by atoms with Crippen LogP contribution in [-0.2, 0) is 32.7 Å². The molecule has 58 heavy (non-hydrogen) atoms. The molecule has 1 unspecified atom stereocenters. The van der Waals surface area contributed by atoms with E-state index in [1.165, 1.54) is 44.9 Å². The molecule has 0 fully saturated rings. The number of carbonyl (C=O) groups is 2. The van der Waals surface area contributed by atoms with Gasteiger partial charge in [0, 0.05) is 12.8 Å². The molecular weight excluding hydrogens is 750 g/mol. The highest BCUT2D eigenvalue weighted by Crippen LogP contribution is 2.38. The van der Waals surface area contributed by atoms with E-state index in [2.05, 4.69) is 98.9 Å². The number of ether oxygens (including phenoxy) is 2. The van der Waals surface area contributed by atoms with Crippen LogP contribution in [0.2, 0.25) is 0 Å². The predicted molar refractivity (Wildman–Crippen MR) is 240 cm³/mol. The summed E-state index contributed by atoms with van der Waals surface area (Å²) in [7, 11) is 1.11. The highest BCUT2D eigenvalue weighted by Gasteiger charge is 2.21. The molecule has 2 atom stereocenters. The Labute approximate surface area is 354 Å². The van der Waals surface area contributed by atoms with Gasteiger partial charge in [0.15, 0.2) is 6.10 Å². The standard InChI is InChI=1S/C48H82NO8P/c1-6-8-10-12-14-16-18-20-22-23-24-25-27-28-30-32-34-36-38-40-47(50)54-44-46(45-56-58(52,53)55-43-42-49(3,4)5)57-48(51)41-39-37-35-33-31-29-26-21-19-17-15-13-11-9-7-2/h14-17,20-22,24-26,28,30-31,33,46H,6-13,18-19,23,27,29,32,34-45H2,1-5H3/b16-14-,17-15-,22-20-,25-24-,26-21-,30-28-,33-31-/t46-/m1/s1. The summed E-state index contributed by atoms with van der Waals surface area (Å²) in [5.74, 6) is -0.924. The fraction of sp³-hybridized carbons (Fsp3) is 0.667. The van der Waals surface area contributed by atoms with Crippen LogP contribution >= 0.6 is 7.82 Å². The minimum atomic E-state index is -4.65. The Morgan fingerprint density at radius 3 is 1.38 bits per heavy atom. The number of rotatable bonds is 39. The summed E-state index contributed by atoms with van der Waals surface area (Å²) in [4.78, 5) is 37.5. The van der Waals surface area contributed by atoms with E-state index in [9.17, 15) is 19.0 Å². The molecule has 0 aromatic carbocycles. The molecule has 0 aliphatic carbocycles. The maximum absolute atomic E-state index is 12.7. The number of phosphoric ester groups is 1. The molecule has 10 heteroatoms. The lowest BCUT2D eigenvalue weighted by molar-refractivity contribution is -0.870. The van der Waals surface area contributed by atoms with Gasteiger partial charge < -0.3 is 27.9 Å². The molecule has 0 aliphatic heterocycles. The maximum Gasteiger partial charge on any atom is 0.306 e. The van der Waals surface area contributed by atoms with Crippen molar-refractivity contribution in [3.63, 3.8) is 0 Å². The van der Waals surface area contributed by atoms with Crippen LogP contribution in [-0.4, -0.2) is 70.0 Å². The third kappa shape index (κ3) is 42.8. The van der Waals surface area contributed by atoms with Gasteiger partial charge in [-0.2, -0.15) is 0 Å². The van der Waals surface area contributed by atoms with E-state index in [4.69, 9.17) is 18.5 Å². The molecule has 9 nitrogen and oxygen atoms in total. The number of allylic oxidation sites excluding steroid dienone is 14. The van der Waals surface area contributed by atoms with Crippen molar-refractivity contribution in [2.75, 3.05) is 47.5 Å². The van der Waals surface area contributed by atoms with Crippen LogP contribution in [0.5, 0.6) is 0 Å². The zero-order valence-corrected chi connectivity index (χ0v) is 38.1. The van der Waals surface area contributed by atoms with Gasteiger partial charge >= 0.3 is 11.9 Å². The van der Waals surface area contributed by atoms with Gasteiger partial charge in [-0.15, -0.1) is 0 Å². The van der Waals surface area contributed by atoms with E-state index in [1.54, 1.807) is 0 Å². The van der Waals surface area contributed by atoms with Gasteiger partial charge in [-0.25, -0.2) is 0 Å². The zero-order valence-electron chi connectivity index (χ0n) is 37.2. The summed E-state index contributed by atoms with van der Waals surface area (Å²) < 4.78 is 33.8. The first-order valence-electron chi connectivity index (χ1n) is 22.3. The Morgan fingerprint density at radius 2 is 0.931 bits per heavy atom. The number of unbranched alkanes of at least 4 members (excludes halogenated alkanes) is 11. The van der Waals surface area contributed by atoms with E-state index in [1.807, 2.05) is 21.1 Å². The average Bonchev–Trinajstić information content (AvgIpc) is 3.17. The van der Waals surface area contributed by atoms with Gasteiger partial charge in [0.05, 0.1) is 27.7 Å². The van der Waals surface area contributed by atoms with E-state index in [0.29, 0.717) is 23.9 Å². The monoisotopic (exact) mass is 832 g/mol. The van der Waals surface area contributed by atoms with Gasteiger partial charge in [0.2, 0.25) is 0 Å². The second-order valence-electron chi connectivity index (χ2n) is 15.7. The molecule has 0 rings (SSSR count). The molecule has 0 saturated heterocycles. The quantitative estimate of drug-likeness (QED) is 0.0198. The van der Waals surface area contributed by atoms with Crippen LogP contribution < -0.4 is 4.89 Å². The molecule has 332 valence electrons. The van der Waals surface area contributed by atoms with E-state index in [0.717, 1.165) is 70.6 Å². The first-order chi connectivity index (χ1) is 28.0. The minimum Gasteiger partial charge on any atom is -0.756 e. The first kappa shape index (κ1) is 55.2. The first-order valence-corrected chi connectivity index (χ1v) is 23.8. The van der Waals surface area contributed by atoms with Gasteiger partial charge in [0.25, 0.3) is 7.82 Å². The number of nitrogens with zero attached hydrogens (tertiary/aromatic N) is 1. The van der Waals surface area contributed by atoms with Crippen molar-refractivity contribution in [3.05, 3.63) is 85.1 Å². The number of hydrogen-bond donors (Lipinski definition) is 0. The van der Waals surface area contributed by atoms with Gasteiger partial charge in [0.1, 0.15) is 19.8 Å². The topological polar surface area (TPSA) is 111 Å². The van der Waals surface area contributed by atoms with Crippen LogP contribution in [0.4, 0.5) is 0 Å². The van der Waals surface area contributed by atoms with Gasteiger partial charge in [-0.05, 0) is 96.3 Å². The van der Waals surface area contributed by atoms with Crippen molar-refractivity contribution in [1.29, 1.82) is 0 Å². The van der Waals surface area contributed by atoms with Crippen molar-refractivity contribution in [2.24, 2.45) is 0 Å². The number of esters is 2. The molecule has 0 radical (unpaired) electrons. The smallest absolute Gasteiger partial charge is 0.306 e. The Hall–Kier alpha value is -2.81. The summed E-state index contributed by atoms with van der Waals surface area (Å²) >= 11 is 0. The van der Waals surface area contributed by atoms with Crippen molar-refractivity contribution in [3.8, 4) is 0 Å². The third-order valence-electron chi connectivity index (χ3n) is 8.89. The van der Waals surface area contributed by atoms with Gasteiger partial charge in [-0.1, -0.05) is 131 Å². The highest BCUT2D eigenvalue weighted by atomic mass is 31.2. The van der Waals surface area contributed by atoms with Crippen molar-refractivity contribution >= 4 is 19.8 Å². The van der Waals surface area contributed by atoms with E-state index < -0.39 is 32.5 Å². The summed E-state index contributed by atoms with van der Waals surface area (Å²) in [6.45, 7) is 4.06. The summed E-state index contributed by atoms with van der Waals surface area (Å²) in [6.07, 6.45) is 50.4. The van der Waals surface area contributed by atoms with Crippen molar-refractivity contribution in [1.82, 2.24) is 0 Å². The molecule has 0 aliphatic rings. The molecule has 0 bridgehead atoms. The Bertz CT molecular complexity index is 1260. The molecule has 0 amide bonds. The summed E-state index contributed by atoms with van der Waals surface area (Å²) in [6, 6.07) is 0. The summed E-state index contributed by atoms with van der Waals surface area (Å²) in [5, 5.41) is 0. The van der Waals surface area contributed by atoms with Crippen LogP contribution in [0.3, 0.4) is 0 Å². The molecule has 0 saturated carbocycles. The van der Waals surface area contributed by atoms with Crippen LogP contribution in [0, 0.1) is 0 Å². The Morgan fingerprint density at radius 1 is 0.534 bits per heavy atom. The predicted octanol–water partition coefficient (Wildman–Crippen LogP) is 12.2. The molecule has 0 N–H and O–H groups in total. The highest BCUT2D eigenvalue weighted by molar-refractivity contribution is 7.45. The van der Waals surface area contributed by atoms with E-state index in [-0.39, 0.29) is 26.1 Å². The van der Waals surface area contributed by atoms with Gasteiger partial charge in [-0.3, -0.25) is 14.2 Å². The second-order valence-corrected chi connectivity index (χ2v) is 17.1. The molecule has 0 aromatic heterocycles. The van der Waals surface area contributed by atoms with Crippen LogP contribution in [0.1, 0.15) is 155 Å². The SMILES string of the molecule is CCCCC/C=C\C/C=C\C/C=C\C/C=C\CCCCCC(=O)OC[C@H](COP(=O)([O-])OCC[N+](C)(C)C)OC(=O)CCCC/C=C\C/C=C\C/C=C\CCCCC. The largest absolute Gasteiger partial charge is 0.756 e. The van der Waals surface area contributed by atoms with Crippen LogP contribution in [0.15, 0.2) is 85.1 Å². The lowest BCUT2D eigenvalue weighted by Crippen LogP contribution is -2.37. The fourth-order valence-electron chi connectivity index (χ4n) is 5.35. The molecule has 0 heterocycles.